The summed E-state index contributed by atoms with van der Waals surface area (Å²) in [6, 6.07) is 11.8. The van der Waals surface area contributed by atoms with E-state index in [9.17, 15) is 9.90 Å². The zero-order valence-electron chi connectivity index (χ0n) is 22.0. The lowest BCUT2D eigenvalue weighted by Crippen LogP contribution is -2.12. The second kappa shape index (κ2) is 14.7. The van der Waals surface area contributed by atoms with Crippen LogP contribution in [-0.2, 0) is 24.1 Å². The third kappa shape index (κ3) is 10.2. The van der Waals surface area contributed by atoms with Crippen LogP contribution >= 0.6 is 0 Å². The summed E-state index contributed by atoms with van der Waals surface area (Å²) in [5.74, 6) is 2.19. The van der Waals surface area contributed by atoms with Crippen molar-refractivity contribution in [3.8, 4) is 11.5 Å². The SMILES string of the molecule is CCCCCCCOc1ccc(NC(=O)CCc2cc(CC(C)C)c(O)c(CC(C)C)c2)cc1. The minimum Gasteiger partial charge on any atom is -0.507 e. The van der Waals surface area contributed by atoms with E-state index in [1.807, 2.05) is 24.3 Å². The maximum atomic E-state index is 12.6. The van der Waals surface area contributed by atoms with Crippen LogP contribution in [0.25, 0.3) is 0 Å². The van der Waals surface area contributed by atoms with E-state index in [0.717, 1.165) is 54.0 Å². The molecule has 4 nitrogen and oxygen atoms in total. The Morgan fingerprint density at radius 1 is 0.912 bits per heavy atom. The van der Waals surface area contributed by atoms with Gasteiger partial charge in [-0.2, -0.15) is 0 Å². The average Bonchev–Trinajstić information content (AvgIpc) is 2.78. The van der Waals surface area contributed by atoms with Gasteiger partial charge in [-0.25, -0.2) is 0 Å². The molecule has 0 aromatic heterocycles. The van der Waals surface area contributed by atoms with Crippen molar-refractivity contribution in [2.45, 2.75) is 92.4 Å². The van der Waals surface area contributed by atoms with Crippen LogP contribution in [-0.4, -0.2) is 17.6 Å². The van der Waals surface area contributed by atoms with Gasteiger partial charge in [0.1, 0.15) is 11.5 Å². The molecule has 2 rings (SSSR count). The second-order valence-electron chi connectivity index (χ2n) is 10.3. The van der Waals surface area contributed by atoms with Gasteiger partial charge >= 0.3 is 0 Å². The molecule has 0 aliphatic heterocycles. The first-order valence-corrected chi connectivity index (χ1v) is 13.1. The Kier molecular flexibility index (Phi) is 12.0. The summed E-state index contributed by atoms with van der Waals surface area (Å²) in [4.78, 5) is 12.6. The van der Waals surface area contributed by atoms with Crippen molar-refractivity contribution in [2.75, 3.05) is 11.9 Å². The number of aromatic hydroxyl groups is 1. The van der Waals surface area contributed by atoms with E-state index in [-0.39, 0.29) is 5.91 Å². The van der Waals surface area contributed by atoms with E-state index in [2.05, 4.69) is 52.1 Å². The number of anilines is 1. The molecule has 0 radical (unpaired) electrons. The number of ether oxygens (including phenoxy) is 1. The predicted octanol–water partition coefficient (Wildman–Crippen LogP) is 7.71. The molecule has 0 spiro atoms. The van der Waals surface area contributed by atoms with Gasteiger partial charge in [0.05, 0.1) is 6.61 Å². The van der Waals surface area contributed by atoms with Crippen molar-refractivity contribution >= 4 is 11.6 Å². The molecule has 1 amide bonds. The maximum Gasteiger partial charge on any atom is 0.224 e. The highest BCUT2D eigenvalue weighted by atomic mass is 16.5. The molecule has 0 unspecified atom stereocenters. The molecule has 0 saturated heterocycles. The highest BCUT2D eigenvalue weighted by molar-refractivity contribution is 5.90. The first-order valence-electron chi connectivity index (χ1n) is 13.1. The fourth-order valence-electron chi connectivity index (χ4n) is 4.18. The van der Waals surface area contributed by atoms with Crippen molar-refractivity contribution < 1.29 is 14.6 Å². The van der Waals surface area contributed by atoms with E-state index < -0.39 is 0 Å². The Morgan fingerprint density at radius 3 is 2.06 bits per heavy atom. The molecule has 188 valence electrons. The lowest BCUT2D eigenvalue weighted by atomic mass is 9.92. The molecule has 0 fully saturated rings. The molecule has 2 N–H and O–H groups in total. The van der Waals surface area contributed by atoms with Crippen LogP contribution in [0.15, 0.2) is 36.4 Å². The van der Waals surface area contributed by atoms with Crippen LogP contribution in [0.1, 0.15) is 89.8 Å². The van der Waals surface area contributed by atoms with Crippen LogP contribution in [0, 0.1) is 11.8 Å². The monoisotopic (exact) mass is 467 g/mol. The summed E-state index contributed by atoms with van der Waals surface area (Å²) in [5, 5.41) is 13.7. The summed E-state index contributed by atoms with van der Waals surface area (Å²) in [5.41, 5.74) is 3.88. The van der Waals surface area contributed by atoms with Gasteiger partial charge in [0.15, 0.2) is 0 Å². The van der Waals surface area contributed by atoms with Crippen molar-refractivity contribution in [3.05, 3.63) is 53.1 Å². The molecule has 0 aliphatic carbocycles. The highest BCUT2D eigenvalue weighted by Gasteiger charge is 2.14. The fourth-order valence-corrected chi connectivity index (χ4v) is 4.18. The Labute approximate surface area is 207 Å². The van der Waals surface area contributed by atoms with Crippen LogP contribution < -0.4 is 10.1 Å². The first-order chi connectivity index (χ1) is 16.3. The van der Waals surface area contributed by atoms with Gasteiger partial charge in [0, 0.05) is 12.1 Å². The number of phenols is 1. The smallest absolute Gasteiger partial charge is 0.224 e. The number of carbonyl (C=O) groups is 1. The van der Waals surface area contributed by atoms with E-state index in [0.29, 0.717) is 30.4 Å². The number of benzene rings is 2. The summed E-state index contributed by atoms with van der Waals surface area (Å²) < 4.78 is 5.81. The molecular formula is C30H45NO3. The van der Waals surface area contributed by atoms with Crippen molar-refractivity contribution in [1.29, 1.82) is 0 Å². The normalized spacial score (nSPS) is 11.3. The summed E-state index contributed by atoms with van der Waals surface area (Å²) in [6.07, 6.45) is 8.83. The number of carbonyl (C=O) groups excluding carboxylic acids is 1. The van der Waals surface area contributed by atoms with Gasteiger partial charge in [-0.1, -0.05) is 72.4 Å². The second-order valence-corrected chi connectivity index (χ2v) is 10.3. The van der Waals surface area contributed by atoms with E-state index in [1.54, 1.807) is 0 Å². The first kappa shape index (κ1) is 27.8. The molecule has 2 aromatic carbocycles. The minimum absolute atomic E-state index is 0.00603. The Morgan fingerprint density at radius 2 is 1.50 bits per heavy atom. The molecule has 2 aromatic rings. The summed E-state index contributed by atoms with van der Waals surface area (Å²) in [7, 11) is 0. The topological polar surface area (TPSA) is 58.6 Å². The van der Waals surface area contributed by atoms with E-state index in [1.165, 1.54) is 25.7 Å². The zero-order valence-corrected chi connectivity index (χ0v) is 22.0. The number of hydrogen-bond acceptors (Lipinski definition) is 3. The molecular weight excluding hydrogens is 422 g/mol. The van der Waals surface area contributed by atoms with Crippen LogP contribution in [0.2, 0.25) is 0 Å². The summed E-state index contributed by atoms with van der Waals surface area (Å²) in [6.45, 7) is 11.6. The van der Waals surface area contributed by atoms with Gasteiger partial charge in [0.25, 0.3) is 0 Å². The maximum absolute atomic E-state index is 12.6. The minimum atomic E-state index is -0.00603. The zero-order chi connectivity index (χ0) is 24.9. The van der Waals surface area contributed by atoms with Crippen LogP contribution in [0.4, 0.5) is 5.69 Å². The third-order valence-electron chi connectivity index (χ3n) is 5.88. The predicted molar refractivity (Wildman–Crippen MR) is 143 cm³/mol. The lowest BCUT2D eigenvalue weighted by Gasteiger charge is -2.16. The number of amides is 1. The number of rotatable bonds is 15. The Hall–Kier alpha value is -2.49. The average molecular weight is 468 g/mol. The molecule has 34 heavy (non-hydrogen) atoms. The van der Waals surface area contributed by atoms with Gasteiger partial charge in [0.2, 0.25) is 5.91 Å². The number of nitrogens with one attached hydrogen (secondary N) is 1. The summed E-state index contributed by atoms with van der Waals surface area (Å²) >= 11 is 0. The molecule has 0 atom stereocenters. The van der Waals surface area contributed by atoms with Gasteiger partial charge in [-0.15, -0.1) is 0 Å². The Balaban J connectivity index is 1.88. The molecule has 4 heteroatoms. The molecule has 0 saturated carbocycles. The van der Waals surface area contributed by atoms with Gasteiger partial charge in [-0.3, -0.25) is 4.79 Å². The standard InChI is InChI=1S/C30H45NO3/c1-6-7-8-9-10-17-34-28-14-12-27(13-15-28)31-29(32)16-11-24-20-25(18-22(2)3)30(33)26(21-24)19-23(4)5/h12-15,20-23,33H,6-11,16-19H2,1-5H3,(H,31,32). The largest absolute Gasteiger partial charge is 0.507 e. The fraction of sp³-hybridized carbons (Fsp3) is 0.567. The number of unbranched alkanes of at least 4 members (excludes halogenated alkanes) is 4. The quantitative estimate of drug-likeness (QED) is 0.264. The van der Waals surface area contributed by atoms with Crippen molar-refractivity contribution in [1.82, 2.24) is 0 Å². The van der Waals surface area contributed by atoms with Crippen LogP contribution in [0.3, 0.4) is 0 Å². The van der Waals surface area contributed by atoms with Crippen molar-refractivity contribution in [3.63, 3.8) is 0 Å². The third-order valence-corrected chi connectivity index (χ3v) is 5.88. The molecule has 0 aliphatic rings. The van der Waals surface area contributed by atoms with Crippen LogP contribution in [0.5, 0.6) is 11.5 Å². The highest BCUT2D eigenvalue weighted by Crippen LogP contribution is 2.29. The Bertz CT molecular complexity index is 840. The van der Waals surface area contributed by atoms with E-state index in [4.69, 9.17) is 4.74 Å². The van der Waals surface area contributed by atoms with E-state index >= 15 is 0 Å². The van der Waals surface area contributed by atoms with Gasteiger partial charge < -0.3 is 15.2 Å². The lowest BCUT2D eigenvalue weighted by molar-refractivity contribution is -0.116. The number of aryl methyl sites for hydroxylation is 1. The van der Waals surface area contributed by atoms with Gasteiger partial charge in [-0.05, 0) is 78.5 Å². The molecule has 0 heterocycles. The molecule has 0 bridgehead atoms. The van der Waals surface area contributed by atoms with Crippen molar-refractivity contribution in [2.24, 2.45) is 11.8 Å². The number of hydrogen-bond donors (Lipinski definition) is 2. The number of phenolic OH excluding ortho intramolecular Hbond substituents is 1.